The lowest BCUT2D eigenvalue weighted by Gasteiger charge is -2.29. The van der Waals surface area contributed by atoms with Crippen molar-refractivity contribution in [2.45, 2.75) is 26.5 Å². The number of nitrogens with one attached hydrogen (secondary N) is 2. The van der Waals surface area contributed by atoms with Crippen molar-refractivity contribution in [1.29, 1.82) is 0 Å². The Morgan fingerprint density at radius 3 is 2.68 bits per heavy atom. The van der Waals surface area contributed by atoms with Crippen LogP contribution in [-0.4, -0.2) is 27.8 Å². The molecule has 4 aromatic rings. The smallest absolute Gasteiger partial charge is 0.255 e. The van der Waals surface area contributed by atoms with Crippen LogP contribution in [-0.2, 0) is 11.4 Å². The van der Waals surface area contributed by atoms with Crippen molar-refractivity contribution < 1.29 is 14.3 Å². The minimum Gasteiger partial charge on any atom is -0.493 e. The van der Waals surface area contributed by atoms with Crippen molar-refractivity contribution in [3.63, 3.8) is 0 Å². The van der Waals surface area contributed by atoms with E-state index in [2.05, 4.69) is 52.6 Å². The largest absolute Gasteiger partial charge is 0.493 e. The summed E-state index contributed by atoms with van der Waals surface area (Å²) in [5.74, 6) is 1.40. The standard InChI is InChI=1S/C28H25Br2N5O3/c1-16-6-4-9-21(10-16)34-27(36)24-17(2)33-28-31-15-32-35(28)25(24)19-12-22(30)26(23(13-19)37-3)38-14-18-7-5-8-20(29)11-18/h4-13,15,25H,14H2,1-3H3,(H,34,36)(H,31,32,33). The molecule has 1 atom stereocenters. The van der Waals surface area contributed by atoms with Crippen molar-refractivity contribution in [3.05, 3.63) is 104 Å². The molecule has 1 unspecified atom stereocenters. The number of methoxy groups -OCH3 is 1. The van der Waals surface area contributed by atoms with Gasteiger partial charge in [-0.25, -0.2) is 4.68 Å². The van der Waals surface area contributed by atoms with Crippen LogP contribution in [0.3, 0.4) is 0 Å². The number of aryl methyl sites for hydroxylation is 1. The first-order chi connectivity index (χ1) is 18.3. The summed E-state index contributed by atoms with van der Waals surface area (Å²) in [6.45, 7) is 4.20. The first-order valence-electron chi connectivity index (χ1n) is 11.8. The van der Waals surface area contributed by atoms with E-state index in [-0.39, 0.29) is 5.91 Å². The molecule has 0 saturated heterocycles. The fourth-order valence-electron chi connectivity index (χ4n) is 4.43. The molecule has 194 valence electrons. The highest BCUT2D eigenvalue weighted by molar-refractivity contribution is 9.10. The van der Waals surface area contributed by atoms with E-state index in [1.807, 2.05) is 74.5 Å². The molecule has 1 aliphatic rings. The fourth-order valence-corrected chi connectivity index (χ4v) is 5.46. The normalized spacial score (nSPS) is 14.5. The number of carbonyl (C=O) groups is 1. The minimum absolute atomic E-state index is 0.239. The van der Waals surface area contributed by atoms with Crippen LogP contribution in [0.4, 0.5) is 11.6 Å². The van der Waals surface area contributed by atoms with E-state index in [4.69, 9.17) is 9.47 Å². The number of benzene rings is 3. The zero-order valence-electron chi connectivity index (χ0n) is 21.0. The first kappa shape index (κ1) is 26.0. The maximum atomic E-state index is 13.7. The van der Waals surface area contributed by atoms with Crippen molar-refractivity contribution in [2.75, 3.05) is 17.7 Å². The number of nitrogens with zero attached hydrogens (tertiary/aromatic N) is 3. The Labute approximate surface area is 237 Å². The topological polar surface area (TPSA) is 90.3 Å². The van der Waals surface area contributed by atoms with Crippen LogP contribution in [0, 0.1) is 6.92 Å². The third-order valence-corrected chi connectivity index (χ3v) is 7.24. The number of hydrogen-bond donors (Lipinski definition) is 2. The van der Waals surface area contributed by atoms with Gasteiger partial charge in [0.2, 0.25) is 5.95 Å². The molecule has 8 nitrogen and oxygen atoms in total. The molecule has 0 saturated carbocycles. The van der Waals surface area contributed by atoms with E-state index in [0.29, 0.717) is 45.5 Å². The van der Waals surface area contributed by atoms with Gasteiger partial charge in [-0.1, -0.05) is 40.2 Å². The average molecular weight is 639 g/mol. The molecule has 3 aromatic carbocycles. The molecule has 0 fully saturated rings. The quantitative estimate of drug-likeness (QED) is 0.236. The summed E-state index contributed by atoms with van der Waals surface area (Å²) in [7, 11) is 1.59. The van der Waals surface area contributed by atoms with Crippen molar-refractivity contribution in [3.8, 4) is 11.5 Å². The van der Waals surface area contributed by atoms with Gasteiger partial charge in [0.05, 0.1) is 17.2 Å². The zero-order valence-corrected chi connectivity index (χ0v) is 24.1. The highest BCUT2D eigenvalue weighted by atomic mass is 79.9. The number of halogens is 2. The molecule has 2 N–H and O–H groups in total. The number of aromatic nitrogens is 3. The van der Waals surface area contributed by atoms with Crippen LogP contribution in [0.5, 0.6) is 11.5 Å². The molecular weight excluding hydrogens is 614 g/mol. The molecule has 1 aliphatic heterocycles. The number of hydrogen-bond acceptors (Lipinski definition) is 6. The third-order valence-electron chi connectivity index (χ3n) is 6.15. The predicted molar refractivity (Wildman–Crippen MR) is 153 cm³/mol. The molecule has 0 bridgehead atoms. The van der Waals surface area contributed by atoms with Crippen LogP contribution in [0.25, 0.3) is 0 Å². The summed E-state index contributed by atoms with van der Waals surface area (Å²) in [5, 5.41) is 10.7. The Bertz CT molecular complexity index is 1550. The predicted octanol–water partition coefficient (Wildman–Crippen LogP) is 6.63. The summed E-state index contributed by atoms with van der Waals surface area (Å²) < 4.78 is 15.2. The van der Waals surface area contributed by atoms with Crippen molar-refractivity contribution >= 4 is 49.4 Å². The number of carbonyl (C=O) groups excluding carboxylic acids is 1. The number of allylic oxidation sites excluding steroid dienone is 1. The molecule has 5 rings (SSSR count). The highest BCUT2D eigenvalue weighted by Crippen LogP contribution is 2.43. The molecular formula is C28H25Br2N5O3. The second kappa shape index (κ2) is 11.0. The summed E-state index contributed by atoms with van der Waals surface area (Å²) in [6, 6.07) is 18.9. The molecule has 10 heteroatoms. The van der Waals surface area contributed by atoms with Gasteiger partial charge in [-0.15, -0.1) is 0 Å². The number of ether oxygens (including phenoxy) is 2. The van der Waals surface area contributed by atoms with Gasteiger partial charge in [0, 0.05) is 15.9 Å². The Balaban J connectivity index is 1.51. The third kappa shape index (κ3) is 5.32. The lowest BCUT2D eigenvalue weighted by molar-refractivity contribution is -0.113. The summed E-state index contributed by atoms with van der Waals surface area (Å²) in [6.07, 6.45) is 1.46. The molecule has 2 heterocycles. The Kier molecular flexibility index (Phi) is 7.53. The van der Waals surface area contributed by atoms with E-state index in [1.165, 1.54) is 6.33 Å². The zero-order chi connectivity index (χ0) is 26.8. The lowest BCUT2D eigenvalue weighted by atomic mass is 9.94. The maximum Gasteiger partial charge on any atom is 0.255 e. The number of rotatable bonds is 7. The van der Waals surface area contributed by atoms with Gasteiger partial charge in [-0.3, -0.25) is 4.79 Å². The van der Waals surface area contributed by atoms with Crippen LogP contribution in [0.2, 0.25) is 0 Å². The van der Waals surface area contributed by atoms with Crippen molar-refractivity contribution in [1.82, 2.24) is 14.8 Å². The number of amides is 1. The van der Waals surface area contributed by atoms with Crippen LogP contribution < -0.4 is 20.1 Å². The van der Waals surface area contributed by atoms with Crippen molar-refractivity contribution in [2.24, 2.45) is 0 Å². The number of fused-ring (bicyclic) bond motifs is 1. The molecule has 0 radical (unpaired) electrons. The monoisotopic (exact) mass is 637 g/mol. The molecule has 0 spiro atoms. The molecule has 38 heavy (non-hydrogen) atoms. The summed E-state index contributed by atoms with van der Waals surface area (Å²) in [4.78, 5) is 18.0. The lowest BCUT2D eigenvalue weighted by Crippen LogP contribution is -2.31. The highest BCUT2D eigenvalue weighted by Gasteiger charge is 2.34. The van der Waals surface area contributed by atoms with Gasteiger partial charge in [-0.2, -0.15) is 10.1 Å². The maximum absolute atomic E-state index is 13.7. The van der Waals surface area contributed by atoms with E-state index in [1.54, 1.807) is 11.8 Å². The average Bonchev–Trinajstić information content (AvgIpc) is 3.34. The Morgan fingerprint density at radius 2 is 1.92 bits per heavy atom. The second-order valence-electron chi connectivity index (χ2n) is 8.87. The fraction of sp³-hybridized carbons (Fsp3) is 0.179. The van der Waals surface area contributed by atoms with Crippen LogP contribution in [0.15, 0.2) is 87.2 Å². The second-order valence-corrected chi connectivity index (χ2v) is 10.6. The molecule has 1 amide bonds. The minimum atomic E-state index is -0.553. The van der Waals surface area contributed by atoms with Crippen LogP contribution in [0.1, 0.15) is 29.7 Å². The SMILES string of the molecule is COc1cc(C2C(C(=O)Nc3cccc(C)c3)=C(C)Nc3ncnn32)cc(Br)c1OCc1cccc(Br)c1. The Morgan fingerprint density at radius 1 is 1.11 bits per heavy atom. The molecule has 0 aliphatic carbocycles. The summed E-state index contributed by atoms with van der Waals surface area (Å²) in [5.41, 5.74) is 4.76. The van der Waals surface area contributed by atoms with Gasteiger partial charge in [-0.05, 0) is 82.9 Å². The summed E-state index contributed by atoms with van der Waals surface area (Å²) >= 11 is 7.16. The Hall–Kier alpha value is -3.63. The van der Waals surface area contributed by atoms with Gasteiger partial charge < -0.3 is 20.1 Å². The van der Waals surface area contributed by atoms with Gasteiger partial charge in [0.25, 0.3) is 5.91 Å². The van der Waals surface area contributed by atoms with E-state index < -0.39 is 6.04 Å². The molecule has 1 aromatic heterocycles. The number of anilines is 2. The van der Waals surface area contributed by atoms with Gasteiger partial charge >= 0.3 is 0 Å². The van der Waals surface area contributed by atoms with E-state index >= 15 is 0 Å². The first-order valence-corrected chi connectivity index (χ1v) is 13.4. The van der Waals surface area contributed by atoms with Gasteiger partial charge in [0.1, 0.15) is 19.0 Å². The van der Waals surface area contributed by atoms with E-state index in [0.717, 1.165) is 21.2 Å². The van der Waals surface area contributed by atoms with Gasteiger partial charge in [0.15, 0.2) is 11.5 Å². The van der Waals surface area contributed by atoms with E-state index in [9.17, 15) is 4.79 Å². The van der Waals surface area contributed by atoms with Crippen LogP contribution >= 0.6 is 31.9 Å².